The summed E-state index contributed by atoms with van der Waals surface area (Å²) >= 11 is 18.4. The topological polar surface area (TPSA) is 117 Å². The van der Waals surface area contributed by atoms with Gasteiger partial charge in [0.2, 0.25) is 0 Å². The van der Waals surface area contributed by atoms with E-state index < -0.39 is 57.4 Å². The second-order valence-corrected chi connectivity index (χ2v) is 10.9. The molecule has 0 aromatic heterocycles. The summed E-state index contributed by atoms with van der Waals surface area (Å²) in [5.41, 5.74) is 0.103. The lowest BCUT2D eigenvalue weighted by Crippen LogP contribution is -2.66. The van der Waals surface area contributed by atoms with E-state index >= 15 is 0 Å². The predicted molar refractivity (Wildman–Crippen MR) is 126 cm³/mol. The predicted octanol–water partition coefficient (Wildman–Crippen LogP) is 3.09. The molecule has 0 spiro atoms. The molecule has 1 aliphatic rings. The van der Waals surface area contributed by atoms with Gasteiger partial charge in [-0.25, -0.2) is 0 Å². The molecular weight excluding hydrogens is 533 g/mol. The molecule has 0 unspecified atom stereocenters. The molecule has 1 amide bonds. The lowest BCUT2D eigenvalue weighted by molar-refractivity contribution is -0.211. The summed E-state index contributed by atoms with van der Waals surface area (Å²) in [6.45, 7) is 5.12. The van der Waals surface area contributed by atoms with Gasteiger partial charge < -0.3 is 24.3 Å². The van der Waals surface area contributed by atoms with Crippen LogP contribution >= 0.6 is 46.6 Å². The molecule has 1 aromatic carbocycles. The van der Waals surface area contributed by atoms with Crippen LogP contribution in [0.15, 0.2) is 29.2 Å². The highest BCUT2D eigenvalue weighted by Gasteiger charge is 2.52. The number of halogens is 3. The molecule has 1 fully saturated rings. The van der Waals surface area contributed by atoms with E-state index in [0.717, 1.165) is 24.3 Å². The summed E-state index contributed by atoms with van der Waals surface area (Å²) in [6.07, 6.45) is -3.52. The zero-order valence-electron chi connectivity index (χ0n) is 18.7. The molecule has 188 valence electrons. The average molecular weight is 557 g/mol. The van der Waals surface area contributed by atoms with Gasteiger partial charge in [-0.05, 0) is 19.1 Å². The van der Waals surface area contributed by atoms with E-state index in [2.05, 4.69) is 5.32 Å². The highest BCUT2D eigenvalue weighted by Crippen LogP contribution is 2.37. The molecule has 1 N–H and O–H groups in total. The van der Waals surface area contributed by atoms with Crippen molar-refractivity contribution in [2.24, 2.45) is 0 Å². The normalized spacial score (nSPS) is 24.6. The van der Waals surface area contributed by atoms with E-state index in [4.69, 9.17) is 53.8 Å². The Kier molecular flexibility index (Phi) is 10.3. The number of esters is 3. The molecule has 1 aliphatic heterocycles. The van der Waals surface area contributed by atoms with Gasteiger partial charge in [-0.15, -0.1) is 0 Å². The van der Waals surface area contributed by atoms with E-state index in [1.54, 1.807) is 0 Å². The second-order valence-electron chi connectivity index (χ2n) is 7.42. The van der Waals surface area contributed by atoms with E-state index in [0.29, 0.717) is 0 Å². The molecule has 13 heteroatoms. The molecule has 0 saturated carbocycles. The Labute approximate surface area is 216 Å². The van der Waals surface area contributed by atoms with Crippen LogP contribution in [0, 0.1) is 6.92 Å². The molecule has 9 nitrogen and oxygen atoms in total. The van der Waals surface area contributed by atoms with Crippen molar-refractivity contribution >= 4 is 70.4 Å². The van der Waals surface area contributed by atoms with Crippen LogP contribution in [0.4, 0.5) is 0 Å². The van der Waals surface area contributed by atoms with Crippen molar-refractivity contribution in [1.29, 1.82) is 0 Å². The van der Waals surface area contributed by atoms with Crippen LogP contribution in [0.2, 0.25) is 0 Å². The second kappa shape index (κ2) is 12.3. The van der Waals surface area contributed by atoms with E-state index in [1.807, 2.05) is 31.2 Å². The summed E-state index contributed by atoms with van der Waals surface area (Å²) < 4.78 is 19.7. The van der Waals surface area contributed by atoms with Crippen LogP contribution < -0.4 is 5.32 Å². The number of ether oxygens (including phenoxy) is 4. The largest absolute Gasteiger partial charge is 0.463 e. The maximum atomic E-state index is 12.5. The van der Waals surface area contributed by atoms with Gasteiger partial charge in [0.05, 0.1) is 0 Å². The quantitative estimate of drug-likeness (QED) is 0.307. The Morgan fingerprint density at radius 2 is 1.53 bits per heavy atom. The molecule has 34 heavy (non-hydrogen) atoms. The fraction of sp³-hybridized carbons (Fsp3) is 0.524. The maximum absolute atomic E-state index is 12.5. The third-order valence-electron chi connectivity index (χ3n) is 4.53. The first-order valence-electron chi connectivity index (χ1n) is 10.0. The molecule has 1 aromatic rings. The van der Waals surface area contributed by atoms with Gasteiger partial charge in [-0.2, -0.15) is 0 Å². The number of rotatable bonds is 7. The number of alkyl halides is 3. The van der Waals surface area contributed by atoms with Crippen LogP contribution in [-0.2, 0) is 38.1 Å². The van der Waals surface area contributed by atoms with Crippen molar-refractivity contribution < 1.29 is 38.1 Å². The van der Waals surface area contributed by atoms with Gasteiger partial charge in [0.15, 0.2) is 12.2 Å². The molecular formula is C21H24Cl3NO8S. The third-order valence-corrected chi connectivity index (χ3v) is 6.23. The van der Waals surface area contributed by atoms with Crippen molar-refractivity contribution in [3.63, 3.8) is 0 Å². The fourth-order valence-electron chi connectivity index (χ4n) is 3.14. The van der Waals surface area contributed by atoms with Gasteiger partial charge in [-0.1, -0.05) is 64.3 Å². The highest BCUT2D eigenvalue weighted by atomic mass is 35.6. The lowest BCUT2D eigenvalue weighted by Gasteiger charge is -2.45. The maximum Gasteiger partial charge on any atom is 0.303 e. The first-order valence-corrected chi connectivity index (χ1v) is 12.0. The first-order chi connectivity index (χ1) is 15.8. The Hall–Kier alpha value is -1.72. The SMILES string of the molecule is CC(=O)OC[C@H]1O[C@@H](Sc2ccc(C)cc2)[C@H](NC(=O)C(Cl)(Cl)Cl)[C@@H](OC(C)=O)[C@H]1OC(C)=O. The van der Waals surface area contributed by atoms with E-state index in [1.165, 1.54) is 18.7 Å². The summed E-state index contributed by atoms with van der Waals surface area (Å²) in [4.78, 5) is 48.5. The Bertz CT molecular complexity index is 908. The summed E-state index contributed by atoms with van der Waals surface area (Å²) in [6, 6.07) is 6.30. The van der Waals surface area contributed by atoms with Crippen molar-refractivity contribution in [3.8, 4) is 0 Å². The van der Waals surface area contributed by atoms with Gasteiger partial charge in [0.1, 0.15) is 24.2 Å². The summed E-state index contributed by atoms with van der Waals surface area (Å²) in [7, 11) is 0. The van der Waals surface area contributed by atoms with Crippen molar-refractivity contribution in [2.75, 3.05) is 6.61 Å². The summed E-state index contributed by atoms with van der Waals surface area (Å²) in [5.74, 6) is -3.03. The zero-order valence-corrected chi connectivity index (χ0v) is 21.8. The van der Waals surface area contributed by atoms with Crippen LogP contribution in [-0.4, -0.2) is 64.0 Å². The number of benzene rings is 1. The van der Waals surface area contributed by atoms with Gasteiger partial charge >= 0.3 is 17.9 Å². The molecule has 1 heterocycles. The minimum absolute atomic E-state index is 0.304. The minimum Gasteiger partial charge on any atom is -0.463 e. The lowest BCUT2D eigenvalue weighted by atomic mass is 9.97. The van der Waals surface area contributed by atoms with Crippen LogP contribution in [0.3, 0.4) is 0 Å². The minimum atomic E-state index is -2.33. The number of nitrogens with one attached hydrogen (secondary N) is 1. The molecule has 2 rings (SSSR count). The van der Waals surface area contributed by atoms with Crippen molar-refractivity contribution in [3.05, 3.63) is 29.8 Å². The molecule has 0 aliphatic carbocycles. The molecule has 5 atom stereocenters. The van der Waals surface area contributed by atoms with Gasteiger partial charge in [-0.3, -0.25) is 19.2 Å². The van der Waals surface area contributed by atoms with Crippen molar-refractivity contribution in [2.45, 2.75) is 66.2 Å². The van der Waals surface area contributed by atoms with Crippen molar-refractivity contribution in [1.82, 2.24) is 5.32 Å². The number of hydrogen-bond donors (Lipinski definition) is 1. The van der Waals surface area contributed by atoms with E-state index in [9.17, 15) is 19.2 Å². The monoisotopic (exact) mass is 555 g/mol. The fourth-order valence-corrected chi connectivity index (χ4v) is 4.43. The number of hydrogen-bond acceptors (Lipinski definition) is 9. The Morgan fingerprint density at radius 3 is 2.03 bits per heavy atom. The zero-order chi connectivity index (χ0) is 25.6. The standard InChI is InChI=1S/C21H24Cl3NO8S/c1-10-5-7-14(8-6-10)34-19-16(25-20(29)21(22,23)24)18(32-13(4)28)17(31-12(3)27)15(33-19)9-30-11(2)26/h5-8,15-19H,9H2,1-4H3,(H,25,29)/t15-,16-,17+,18-,19+/m1/s1. The third kappa shape index (κ3) is 8.49. The molecule has 0 radical (unpaired) electrons. The number of thioether (sulfide) groups is 1. The Balaban J connectivity index is 2.50. The van der Waals surface area contributed by atoms with E-state index in [-0.39, 0.29) is 6.61 Å². The van der Waals surface area contributed by atoms with Crippen LogP contribution in [0.5, 0.6) is 0 Å². The molecule has 0 bridgehead atoms. The van der Waals surface area contributed by atoms with Gasteiger partial charge in [0.25, 0.3) is 9.70 Å². The highest BCUT2D eigenvalue weighted by molar-refractivity contribution is 7.99. The summed E-state index contributed by atoms with van der Waals surface area (Å²) in [5, 5.41) is 2.53. The Morgan fingerprint density at radius 1 is 0.971 bits per heavy atom. The average Bonchev–Trinajstić information content (AvgIpc) is 2.71. The van der Waals surface area contributed by atoms with Gasteiger partial charge in [0, 0.05) is 25.7 Å². The molecule has 1 saturated heterocycles. The number of carbonyl (C=O) groups is 4. The number of carbonyl (C=O) groups excluding carboxylic acids is 4. The van der Waals surface area contributed by atoms with Crippen LogP contribution in [0.1, 0.15) is 26.3 Å². The number of amides is 1. The number of aryl methyl sites for hydroxylation is 1. The first kappa shape index (κ1) is 28.5. The smallest absolute Gasteiger partial charge is 0.303 e. The van der Waals surface area contributed by atoms with Crippen LogP contribution in [0.25, 0.3) is 0 Å².